The topological polar surface area (TPSA) is 66.4 Å². The van der Waals surface area contributed by atoms with Crippen molar-refractivity contribution in [2.24, 2.45) is 0 Å². The summed E-state index contributed by atoms with van der Waals surface area (Å²) < 4.78 is 27.2. The molecule has 0 atom stereocenters. The van der Waals surface area contributed by atoms with Crippen molar-refractivity contribution >= 4 is 33.4 Å². The number of thioether (sulfide) groups is 1. The molecule has 0 aliphatic carbocycles. The highest BCUT2D eigenvalue weighted by molar-refractivity contribution is 7.99. The zero-order valence-electron chi connectivity index (χ0n) is 10.3. The Hall–Kier alpha value is -0.270. The Morgan fingerprint density at radius 2 is 2.05 bits per heavy atom. The fourth-order valence-electron chi connectivity index (χ4n) is 1.94. The summed E-state index contributed by atoms with van der Waals surface area (Å²) in [4.78, 5) is 0.152. The molecule has 1 aromatic rings. The van der Waals surface area contributed by atoms with Crippen molar-refractivity contribution in [3.63, 3.8) is 0 Å². The van der Waals surface area contributed by atoms with Gasteiger partial charge in [0.25, 0.3) is 0 Å². The molecule has 1 heterocycles. The number of hydrogen-bond acceptors (Lipinski definition) is 4. The highest BCUT2D eigenvalue weighted by atomic mass is 35.5. The summed E-state index contributed by atoms with van der Waals surface area (Å²) in [6.45, 7) is -0.276. The summed E-state index contributed by atoms with van der Waals surface area (Å²) in [5, 5.41) is 9.50. The van der Waals surface area contributed by atoms with Crippen LogP contribution in [0.2, 0.25) is 5.02 Å². The van der Waals surface area contributed by atoms with Crippen LogP contribution in [-0.4, -0.2) is 31.1 Å². The molecule has 1 aromatic carbocycles. The van der Waals surface area contributed by atoms with E-state index >= 15 is 0 Å². The first-order valence-corrected chi connectivity index (χ1v) is 9.04. The molecule has 4 nitrogen and oxygen atoms in total. The number of hydrogen-bond donors (Lipinski definition) is 2. The Labute approximate surface area is 122 Å². The van der Waals surface area contributed by atoms with Crippen molar-refractivity contribution in [3.05, 3.63) is 28.8 Å². The summed E-state index contributed by atoms with van der Waals surface area (Å²) in [7, 11) is -3.54. The lowest BCUT2D eigenvalue weighted by atomic mass is 10.2. The third kappa shape index (κ3) is 3.86. The van der Waals surface area contributed by atoms with Crippen LogP contribution < -0.4 is 4.72 Å². The largest absolute Gasteiger partial charge is 0.392 e. The van der Waals surface area contributed by atoms with Crippen molar-refractivity contribution in [2.45, 2.75) is 30.4 Å². The fraction of sp³-hybridized carbons (Fsp3) is 0.500. The maximum absolute atomic E-state index is 12.2. The standard InChI is InChI=1S/C12H16ClNO3S2/c13-12-2-1-11(7-9(12)8-15)19(16,17)14-10-3-5-18-6-4-10/h1-2,7,10,14-15H,3-6,8H2. The normalized spacial score (nSPS) is 17.6. The molecule has 1 fully saturated rings. The molecule has 0 unspecified atom stereocenters. The molecule has 1 saturated heterocycles. The van der Waals surface area contributed by atoms with Gasteiger partial charge in [-0.05, 0) is 48.1 Å². The van der Waals surface area contributed by atoms with Crippen LogP contribution in [0.15, 0.2) is 23.1 Å². The molecule has 0 bridgehead atoms. The van der Waals surface area contributed by atoms with Crippen molar-refractivity contribution in [1.29, 1.82) is 0 Å². The Morgan fingerprint density at radius 1 is 1.37 bits per heavy atom. The third-order valence-electron chi connectivity index (χ3n) is 3.04. The fourth-order valence-corrected chi connectivity index (χ4v) is 4.58. The molecule has 0 saturated carbocycles. The van der Waals surface area contributed by atoms with Crippen molar-refractivity contribution in [1.82, 2.24) is 4.72 Å². The second-order valence-corrected chi connectivity index (χ2v) is 7.77. The third-order valence-corrected chi connectivity index (χ3v) is 5.98. The van der Waals surface area contributed by atoms with Gasteiger partial charge in [0.15, 0.2) is 0 Å². The number of benzene rings is 1. The van der Waals surface area contributed by atoms with Crippen LogP contribution in [0.5, 0.6) is 0 Å². The van der Waals surface area contributed by atoms with Crippen LogP contribution in [-0.2, 0) is 16.6 Å². The predicted octanol–water partition coefficient (Wildman–Crippen LogP) is 2.01. The maximum Gasteiger partial charge on any atom is 0.240 e. The number of halogens is 1. The van der Waals surface area contributed by atoms with E-state index in [9.17, 15) is 8.42 Å². The summed E-state index contributed by atoms with van der Waals surface area (Å²) in [5.41, 5.74) is 0.420. The van der Waals surface area contributed by atoms with Gasteiger partial charge in [-0.3, -0.25) is 0 Å². The van der Waals surface area contributed by atoms with Gasteiger partial charge in [0.2, 0.25) is 10.0 Å². The van der Waals surface area contributed by atoms with Gasteiger partial charge in [0, 0.05) is 11.1 Å². The van der Waals surface area contributed by atoms with Gasteiger partial charge in [-0.1, -0.05) is 11.6 Å². The number of sulfonamides is 1. The number of aliphatic hydroxyl groups is 1. The molecule has 106 valence electrons. The lowest BCUT2D eigenvalue weighted by Gasteiger charge is -2.22. The zero-order valence-corrected chi connectivity index (χ0v) is 12.7. The Bertz CT molecular complexity index is 542. The van der Waals surface area contributed by atoms with Crippen LogP contribution in [0.25, 0.3) is 0 Å². The smallest absolute Gasteiger partial charge is 0.240 e. The minimum atomic E-state index is -3.54. The van der Waals surface area contributed by atoms with Gasteiger partial charge in [0.1, 0.15) is 0 Å². The predicted molar refractivity (Wildman–Crippen MR) is 78.0 cm³/mol. The van der Waals surface area contributed by atoms with E-state index in [1.54, 1.807) is 0 Å². The molecule has 0 radical (unpaired) electrons. The molecular weight excluding hydrogens is 306 g/mol. The highest BCUT2D eigenvalue weighted by Crippen LogP contribution is 2.22. The van der Waals surface area contributed by atoms with Crippen LogP contribution >= 0.6 is 23.4 Å². The molecule has 0 amide bonds. The van der Waals surface area contributed by atoms with E-state index in [0.29, 0.717) is 10.6 Å². The minimum absolute atomic E-state index is 0.000459. The quantitative estimate of drug-likeness (QED) is 0.890. The minimum Gasteiger partial charge on any atom is -0.392 e. The summed E-state index contributed by atoms with van der Waals surface area (Å²) >= 11 is 7.70. The van der Waals surface area contributed by atoms with E-state index in [-0.39, 0.29) is 17.5 Å². The van der Waals surface area contributed by atoms with E-state index in [4.69, 9.17) is 16.7 Å². The first kappa shape index (κ1) is 15.1. The van der Waals surface area contributed by atoms with E-state index in [0.717, 1.165) is 24.3 Å². The average molecular weight is 322 g/mol. The summed E-state index contributed by atoms with van der Waals surface area (Å²) in [6.07, 6.45) is 1.70. The van der Waals surface area contributed by atoms with Crippen LogP contribution in [0.3, 0.4) is 0 Å². The van der Waals surface area contributed by atoms with Crippen molar-refractivity contribution in [2.75, 3.05) is 11.5 Å². The van der Waals surface area contributed by atoms with E-state index in [2.05, 4.69) is 4.72 Å². The Morgan fingerprint density at radius 3 is 2.68 bits per heavy atom. The maximum atomic E-state index is 12.2. The summed E-state index contributed by atoms with van der Waals surface area (Å²) in [5.74, 6) is 1.96. The van der Waals surface area contributed by atoms with Gasteiger partial charge in [-0.15, -0.1) is 0 Å². The first-order valence-electron chi connectivity index (χ1n) is 6.02. The van der Waals surface area contributed by atoms with Gasteiger partial charge < -0.3 is 5.11 Å². The molecule has 0 aromatic heterocycles. The molecule has 1 aliphatic rings. The molecule has 0 spiro atoms. The summed E-state index contributed by atoms with van der Waals surface area (Å²) in [6, 6.07) is 4.38. The average Bonchev–Trinajstić information content (AvgIpc) is 2.39. The number of rotatable bonds is 4. The second-order valence-electron chi connectivity index (χ2n) is 4.42. The van der Waals surface area contributed by atoms with Crippen molar-refractivity contribution in [3.8, 4) is 0 Å². The van der Waals surface area contributed by atoms with E-state index < -0.39 is 10.0 Å². The van der Waals surface area contributed by atoms with Crippen LogP contribution in [0, 0.1) is 0 Å². The monoisotopic (exact) mass is 321 g/mol. The lowest BCUT2D eigenvalue weighted by Crippen LogP contribution is -2.37. The van der Waals surface area contributed by atoms with E-state index in [1.165, 1.54) is 18.2 Å². The Balaban J connectivity index is 2.18. The van der Waals surface area contributed by atoms with Crippen molar-refractivity contribution < 1.29 is 13.5 Å². The van der Waals surface area contributed by atoms with Crippen LogP contribution in [0.1, 0.15) is 18.4 Å². The van der Waals surface area contributed by atoms with Gasteiger partial charge >= 0.3 is 0 Å². The second kappa shape index (κ2) is 6.45. The highest BCUT2D eigenvalue weighted by Gasteiger charge is 2.22. The molecule has 19 heavy (non-hydrogen) atoms. The lowest BCUT2D eigenvalue weighted by molar-refractivity contribution is 0.281. The van der Waals surface area contributed by atoms with Crippen LogP contribution in [0.4, 0.5) is 0 Å². The Kier molecular flexibility index (Phi) is 5.14. The van der Waals surface area contributed by atoms with Gasteiger partial charge in [0.05, 0.1) is 11.5 Å². The van der Waals surface area contributed by atoms with Gasteiger partial charge in [-0.2, -0.15) is 11.8 Å². The molecular formula is C12H16ClNO3S2. The van der Waals surface area contributed by atoms with E-state index in [1.807, 2.05) is 11.8 Å². The molecule has 7 heteroatoms. The van der Waals surface area contributed by atoms with Gasteiger partial charge in [-0.25, -0.2) is 13.1 Å². The first-order chi connectivity index (χ1) is 9.03. The molecule has 2 rings (SSSR count). The number of aliphatic hydroxyl groups excluding tert-OH is 1. The molecule has 1 aliphatic heterocycles. The SMILES string of the molecule is O=S(=O)(NC1CCSCC1)c1ccc(Cl)c(CO)c1. The zero-order chi connectivity index (χ0) is 13.9. The molecule has 2 N–H and O–H groups in total. The number of nitrogens with one attached hydrogen (secondary N) is 1.